The molecule has 13 heavy (non-hydrogen) atoms. The second kappa shape index (κ2) is 3.78. The van der Waals surface area contributed by atoms with E-state index in [1.807, 2.05) is 6.92 Å². The number of carbonyl (C=O) groups is 1. The van der Waals surface area contributed by atoms with Crippen LogP contribution < -0.4 is 11.5 Å². The number of anilines is 1. The zero-order valence-corrected chi connectivity index (χ0v) is 8.78. The smallest absolute Gasteiger partial charge is 0.242 e. The quantitative estimate of drug-likeness (QED) is 0.822. The Morgan fingerprint density at radius 1 is 1.85 bits per heavy atom. The maximum Gasteiger partial charge on any atom is 0.242 e. The fraction of sp³-hybridized carbons (Fsp3) is 0.429. The van der Waals surface area contributed by atoms with Crippen molar-refractivity contribution < 1.29 is 4.79 Å². The summed E-state index contributed by atoms with van der Waals surface area (Å²) in [5.41, 5.74) is 10.7. The molecule has 1 unspecified atom stereocenters. The molecule has 1 heterocycles. The summed E-state index contributed by atoms with van der Waals surface area (Å²) in [4.78, 5) is 11.0. The minimum absolute atomic E-state index is 0.361. The Morgan fingerprint density at radius 2 is 2.46 bits per heavy atom. The first-order valence-corrected chi connectivity index (χ1v) is 4.65. The van der Waals surface area contributed by atoms with Crippen LogP contribution in [0.2, 0.25) is 0 Å². The maximum atomic E-state index is 11.0. The molecule has 0 spiro atoms. The predicted octanol–water partition coefficient (Wildman–Crippen LogP) is 0.664. The molecule has 0 aliphatic carbocycles. The molecule has 1 amide bonds. The van der Waals surface area contributed by atoms with Crippen LogP contribution in [0.4, 0.5) is 5.82 Å². The van der Waals surface area contributed by atoms with Gasteiger partial charge in [-0.2, -0.15) is 5.10 Å². The number of primary amides is 1. The van der Waals surface area contributed by atoms with Crippen molar-refractivity contribution >= 4 is 27.7 Å². The summed E-state index contributed by atoms with van der Waals surface area (Å²) in [7, 11) is 0. The van der Waals surface area contributed by atoms with E-state index in [0.29, 0.717) is 16.7 Å². The van der Waals surface area contributed by atoms with Crippen molar-refractivity contribution in [2.24, 2.45) is 5.73 Å². The number of nitrogen functional groups attached to an aromatic ring is 1. The summed E-state index contributed by atoms with van der Waals surface area (Å²) in [5, 5.41) is 3.95. The molecule has 0 saturated carbocycles. The van der Waals surface area contributed by atoms with E-state index in [9.17, 15) is 4.79 Å². The molecule has 0 aromatic carbocycles. The highest BCUT2D eigenvalue weighted by molar-refractivity contribution is 9.10. The summed E-state index contributed by atoms with van der Waals surface area (Å²) in [6, 6.07) is -0.423. The van der Waals surface area contributed by atoms with Gasteiger partial charge in [0.25, 0.3) is 0 Å². The van der Waals surface area contributed by atoms with Gasteiger partial charge in [0.2, 0.25) is 5.91 Å². The van der Waals surface area contributed by atoms with Gasteiger partial charge < -0.3 is 11.5 Å². The van der Waals surface area contributed by atoms with Gasteiger partial charge in [-0.1, -0.05) is 6.92 Å². The molecule has 4 N–H and O–H groups in total. The Balaban J connectivity index is 2.98. The molecule has 5 nitrogen and oxygen atoms in total. The molecule has 0 bridgehead atoms. The highest BCUT2D eigenvalue weighted by Gasteiger charge is 2.17. The fourth-order valence-corrected chi connectivity index (χ4v) is 1.35. The van der Waals surface area contributed by atoms with Gasteiger partial charge in [0, 0.05) is 6.20 Å². The molecule has 0 fully saturated rings. The van der Waals surface area contributed by atoms with Crippen molar-refractivity contribution in [2.75, 3.05) is 5.73 Å². The molecular formula is C7H11BrN4O. The van der Waals surface area contributed by atoms with Crippen LogP contribution in [0, 0.1) is 0 Å². The largest absolute Gasteiger partial charge is 0.381 e. The van der Waals surface area contributed by atoms with E-state index in [2.05, 4.69) is 21.0 Å². The molecule has 1 aromatic rings. The van der Waals surface area contributed by atoms with Crippen LogP contribution in [-0.4, -0.2) is 15.7 Å². The number of nitrogens with zero attached hydrogens (tertiary/aromatic N) is 2. The molecule has 0 saturated heterocycles. The number of rotatable bonds is 3. The maximum absolute atomic E-state index is 11.0. The molecule has 6 heteroatoms. The van der Waals surface area contributed by atoms with Gasteiger partial charge in [-0.05, 0) is 22.4 Å². The number of carbonyl (C=O) groups excluding carboxylic acids is 1. The number of halogens is 1. The first kappa shape index (κ1) is 10.0. The van der Waals surface area contributed by atoms with E-state index < -0.39 is 11.9 Å². The molecule has 1 rings (SSSR count). The van der Waals surface area contributed by atoms with Gasteiger partial charge in [0.1, 0.15) is 6.04 Å². The number of aromatic nitrogens is 2. The minimum atomic E-state index is -0.423. The van der Waals surface area contributed by atoms with Crippen molar-refractivity contribution in [1.82, 2.24) is 9.78 Å². The van der Waals surface area contributed by atoms with Gasteiger partial charge in [0.05, 0.1) is 4.47 Å². The predicted molar refractivity (Wildman–Crippen MR) is 52.9 cm³/mol. The van der Waals surface area contributed by atoms with Crippen molar-refractivity contribution in [2.45, 2.75) is 19.4 Å². The monoisotopic (exact) mass is 246 g/mol. The molecule has 1 atom stereocenters. The van der Waals surface area contributed by atoms with Crippen LogP contribution in [0.25, 0.3) is 0 Å². The molecule has 0 aliphatic rings. The SMILES string of the molecule is CCC(C(N)=O)n1cc(Br)c(N)n1. The second-order valence-corrected chi connectivity index (χ2v) is 3.52. The zero-order chi connectivity index (χ0) is 10.0. The summed E-state index contributed by atoms with van der Waals surface area (Å²) in [6.07, 6.45) is 2.25. The summed E-state index contributed by atoms with van der Waals surface area (Å²) >= 11 is 3.20. The lowest BCUT2D eigenvalue weighted by Crippen LogP contribution is -2.26. The van der Waals surface area contributed by atoms with Crippen LogP contribution in [0.5, 0.6) is 0 Å². The molecule has 0 radical (unpaired) electrons. The van der Waals surface area contributed by atoms with Gasteiger partial charge in [-0.15, -0.1) is 0 Å². The van der Waals surface area contributed by atoms with Crippen LogP contribution in [-0.2, 0) is 4.79 Å². The standard InChI is InChI=1S/C7H11BrN4O/c1-2-5(7(10)13)12-3-4(8)6(9)11-12/h3,5H,2H2,1H3,(H2,9,11)(H2,10,13). The highest BCUT2D eigenvalue weighted by Crippen LogP contribution is 2.20. The minimum Gasteiger partial charge on any atom is -0.381 e. The number of hydrogen-bond donors (Lipinski definition) is 2. The highest BCUT2D eigenvalue weighted by atomic mass is 79.9. The van der Waals surface area contributed by atoms with Gasteiger partial charge in [0.15, 0.2) is 5.82 Å². The van der Waals surface area contributed by atoms with E-state index in [4.69, 9.17) is 11.5 Å². The second-order valence-electron chi connectivity index (χ2n) is 2.67. The molecule has 0 aliphatic heterocycles. The Labute approximate surface area is 84.2 Å². The van der Waals surface area contributed by atoms with Gasteiger partial charge >= 0.3 is 0 Å². The first-order valence-electron chi connectivity index (χ1n) is 3.85. The molecule has 72 valence electrons. The average molecular weight is 247 g/mol. The molecule has 1 aromatic heterocycles. The number of amides is 1. The van der Waals surface area contributed by atoms with E-state index in [-0.39, 0.29) is 0 Å². The van der Waals surface area contributed by atoms with Crippen LogP contribution in [0.3, 0.4) is 0 Å². The van der Waals surface area contributed by atoms with E-state index >= 15 is 0 Å². The number of nitrogens with two attached hydrogens (primary N) is 2. The lowest BCUT2D eigenvalue weighted by atomic mass is 10.2. The van der Waals surface area contributed by atoms with Crippen LogP contribution in [0.1, 0.15) is 19.4 Å². The Hall–Kier alpha value is -1.04. The van der Waals surface area contributed by atoms with E-state index in [1.54, 1.807) is 6.20 Å². The number of hydrogen-bond acceptors (Lipinski definition) is 3. The van der Waals surface area contributed by atoms with Crippen LogP contribution in [0.15, 0.2) is 10.7 Å². The lowest BCUT2D eigenvalue weighted by Gasteiger charge is -2.10. The summed E-state index contributed by atoms with van der Waals surface area (Å²) < 4.78 is 2.15. The van der Waals surface area contributed by atoms with Crippen molar-refractivity contribution in [1.29, 1.82) is 0 Å². The van der Waals surface area contributed by atoms with Crippen molar-refractivity contribution in [3.05, 3.63) is 10.7 Å². The summed E-state index contributed by atoms with van der Waals surface area (Å²) in [5.74, 6) is -0.0443. The normalized spacial score (nSPS) is 12.8. The third kappa shape index (κ3) is 2.00. The van der Waals surface area contributed by atoms with Crippen molar-refractivity contribution in [3.63, 3.8) is 0 Å². The van der Waals surface area contributed by atoms with E-state index in [0.717, 1.165) is 0 Å². The fourth-order valence-electron chi connectivity index (χ4n) is 1.06. The first-order chi connectivity index (χ1) is 6.06. The van der Waals surface area contributed by atoms with Gasteiger partial charge in [-0.3, -0.25) is 9.48 Å². The van der Waals surface area contributed by atoms with Crippen molar-refractivity contribution in [3.8, 4) is 0 Å². The third-order valence-electron chi connectivity index (χ3n) is 1.75. The Bertz CT molecular complexity index is 303. The Kier molecular flexibility index (Phi) is 2.92. The molecular weight excluding hydrogens is 236 g/mol. The topological polar surface area (TPSA) is 86.9 Å². The van der Waals surface area contributed by atoms with Crippen LogP contribution >= 0.6 is 15.9 Å². The zero-order valence-electron chi connectivity index (χ0n) is 7.20. The Morgan fingerprint density at radius 3 is 2.77 bits per heavy atom. The average Bonchev–Trinajstić information content (AvgIpc) is 2.32. The lowest BCUT2D eigenvalue weighted by molar-refractivity contribution is -0.121. The van der Waals surface area contributed by atoms with E-state index in [1.165, 1.54) is 4.68 Å². The third-order valence-corrected chi connectivity index (χ3v) is 2.36. The van der Waals surface area contributed by atoms with Gasteiger partial charge in [-0.25, -0.2) is 0 Å². The summed E-state index contributed by atoms with van der Waals surface area (Å²) in [6.45, 7) is 1.86.